The number of alkyl carbamates (subject to hydrolysis) is 1. The van der Waals surface area contributed by atoms with Gasteiger partial charge < -0.3 is 20.5 Å². The van der Waals surface area contributed by atoms with Crippen molar-refractivity contribution in [1.29, 1.82) is 0 Å². The summed E-state index contributed by atoms with van der Waals surface area (Å²) in [5.74, 6) is -1.87. The van der Waals surface area contributed by atoms with Crippen molar-refractivity contribution in [2.75, 3.05) is 13.2 Å². The quantitative estimate of drug-likeness (QED) is 0.450. The van der Waals surface area contributed by atoms with Gasteiger partial charge in [0.1, 0.15) is 12.6 Å². The molecule has 2 aromatic rings. The summed E-state index contributed by atoms with van der Waals surface area (Å²) >= 11 is 0. The largest absolute Gasteiger partial charge is 0.481 e. The zero-order chi connectivity index (χ0) is 24.7. The van der Waals surface area contributed by atoms with Gasteiger partial charge in [0.15, 0.2) is 0 Å². The predicted molar refractivity (Wildman–Crippen MR) is 130 cm³/mol. The van der Waals surface area contributed by atoms with Gasteiger partial charge in [0.05, 0.1) is 5.92 Å². The molecule has 0 saturated heterocycles. The molecule has 0 fully saturated rings. The summed E-state index contributed by atoms with van der Waals surface area (Å²) in [5, 5.41) is 14.8. The molecule has 1 aliphatic carbocycles. The molecule has 182 valence electrons. The van der Waals surface area contributed by atoms with E-state index in [1.54, 1.807) is 0 Å². The van der Waals surface area contributed by atoms with Crippen LogP contribution >= 0.6 is 0 Å². The van der Waals surface area contributed by atoms with Crippen molar-refractivity contribution in [2.24, 2.45) is 11.8 Å². The molecular weight excluding hydrogens is 432 g/mol. The predicted octanol–water partition coefficient (Wildman–Crippen LogP) is 4.56. The van der Waals surface area contributed by atoms with E-state index in [2.05, 4.69) is 22.8 Å². The summed E-state index contributed by atoms with van der Waals surface area (Å²) in [5.41, 5.74) is 4.52. The Kier molecular flexibility index (Phi) is 8.68. The van der Waals surface area contributed by atoms with Crippen LogP contribution in [0.2, 0.25) is 0 Å². The summed E-state index contributed by atoms with van der Waals surface area (Å²) in [7, 11) is 0. The van der Waals surface area contributed by atoms with E-state index in [1.807, 2.05) is 57.2 Å². The number of benzene rings is 2. The van der Waals surface area contributed by atoms with Gasteiger partial charge in [0, 0.05) is 12.5 Å². The van der Waals surface area contributed by atoms with Crippen LogP contribution in [0.1, 0.15) is 57.1 Å². The van der Waals surface area contributed by atoms with Gasteiger partial charge in [-0.2, -0.15) is 0 Å². The SMILES string of the molecule is CCC[C@@H](NC(=O)OCC1c2ccccc2-c2ccccc21)C(=O)NCC(CC(C)C)C(=O)O. The topological polar surface area (TPSA) is 105 Å². The van der Waals surface area contributed by atoms with Crippen LogP contribution in [-0.4, -0.2) is 42.3 Å². The van der Waals surface area contributed by atoms with E-state index in [4.69, 9.17) is 4.74 Å². The summed E-state index contributed by atoms with van der Waals surface area (Å²) < 4.78 is 5.56. The number of rotatable bonds is 11. The van der Waals surface area contributed by atoms with E-state index in [0.29, 0.717) is 19.3 Å². The minimum absolute atomic E-state index is 0.0267. The Balaban J connectivity index is 1.59. The molecule has 0 aromatic heterocycles. The first-order chi connectivity index (χ1) is 16.3. The Bertz CT molecular complexity index is 974. The van der Waals surface area contributed by atoms with E-state index in [-0.39, 0.29) is 25.0 Å². The molecule has 3 rings (SSSR count). The molecule has 0 heterocycles. The van der Waals surface area contributed by atoms with E-state index in [1.165, 1.54) is 0 Å². The zero-order valence-electron chi connectivity index (χ0n) is 20.0. The monoisotopic (exact) mass is 466 g/mol. The van der Waals surface area contributed by atoms with Crippen molar-refractivity contribution in [1.82, 2.24) is 10.6 Å². The number of carboxylic acid groups (broad SMARTS) is 1. The Morgan fingerprint density at radius 3 is 2.12 bits per heavy atom. The maximum absolute atomic E-state index is 12.7. The van der Waals surface area contributed by atoms with Crippen molar-refractivity contribution in [2.45, 2.75) is 52.0 Å². The number of hydrogen-bond acceptors (Lipinski definition) is 4. The van der Waals surface area contributed by atoms with Crippen LogP contribution in [0, 0.1) is 11.8 Å². The molecule has 0 radical (unpaired) electrons. The van der Waals surface area contributed by atoms with Gasteiger partial charge in [-0.05, 0) is 41.0 Å². The molecule has 34 heavy (non-hydrogen) atoms. The highest BCUT2D eigenvalue weighted by Gasteiger charge is 2.30. The minimum atomic E-state index is -0.939. The van der Waals surface area contributed by atoms with Gasteiger partial charge >= 0.3 is 12.1 Å². The second kappa shape index (κ2) is 11.7. The number of carbonyl (C=O) groups is 3. The molecule has 0 bridgehead atoms. The number of ether oxygens (including phenoxy) is 1. The van der Waals surface area contributed by atoms with Crippen molar-refractivity contribution in [3.63, 3.8) is 0 Å². The molecule has 7 heteroatoms. The third-order valence-electron chi connectivity index (χ3n) is 6.16. The summed E-state index contributed by atoms with van der Waals surface area (Å²) in [4.78, 5) is 36.8. The first-order valence-corrected chi connectivity index (χ1v) is 11.9. The van der Waals surface area contributed by atoms with Gasteiger partial charge in [-0.1, -0.05) is 75.7 Å². The summed E-state index contributed by atoms with van der Waals surface area (Å²) in [6, 6.07) is 15.4. The van der Waals surface area contributed by atoms with Crippen molar-refractivity contribution >= 4 is 18.0 Å². The summed E-state index contributed by atoms with van der Waals surface area (Å²) in [6.07, 6.45) is 0.912. The lowest BCUT2D eigenvalue weighted by atomic mass is 9.97. The van der Waals surface area contributed by atoms with Crippen LogP contribution < -0.4 is 10.6 Å². The van der Waals surface area contributed by atoms with Crippen molar-refractivity contribution in [3.8, 4) is 11.1 Å². The first kappa shape index (κ1) is 25.3. The normalized spacial score (nSPS) is 14.1. The molecule has 3 N–H and O–H groups in total. The van der Waals surface area contributed by atoms with Crippen molar-refractivity contribution in [3.05, 3.63) is 59.7 Å². The molecule has 1 unspecified atom stereocenters. The molecular formula is C27H34N2O5. The lowest BCUT2D eigenvalue weighted by molar-refractivity contribution is -0.142. The lowest BCUT2D eigenvalue weighted by Gasteiger charge is -2.21. The lowest BCUT2D eigenvalue weighted by Crippen LogP contribution is -2.48. The van der Waals surface area contributed by atoms with Crippen LogP contribution in [0.15, 0.2) is 48.5 Å². The molecule has 0 spiro atoms. The number of nitrogens with one attached hydrogen (secondary N) is 2. The fraction of sp³-hybridized carbons (Fsp3) is 0.444. The van der Waals surface area contributed by atoms with Gasteiger partial charge in [-0.3, -0.25) is 9.59 Å². The molecule has 2 atom stereocenters. The number of carbonyl (C=O) groups excluding carboxylic acids is 2. The molecule has 2 amide bonds. The third kappa shape index (κ3) is 6.16. The van der Waals surface area contributed by atoms with Crippen LogP contribution in [0.3, 0.4) is 0 Å². The highest BCUT2D eigenvalue weighted by Crippen LogP contribution is 2.44. The highest BCUT2D eigenvalue weighted by molar-refractivity contribution is 5.86. The fourth-order valence-electron chi connectivity index (χ4n) is 4.53. The second-order valence-corrected chi connectivity index (χ2v) is 9.22. The zero-order valence-corrected chi connectivity index (χ0v) is 20.0. The number of fused-ring (bicyclic) bond motifs is 3. The van der Waals surface area contributed by atoms with E-state index >= 15 is 0 Å². The molecule has 7 nitrogen and oxygen atoms in total. The van der Waals surface area contributed by atoms with Crippen LogP contribution in [0.25, 0.3) is 11.1 Å². The Morgan fingerprint density at radius 2 is 1.59 bits per heavy atom. The summed E-state index contributed by atoms with van der Waals surface area (Å²) in [6.45, 7) is 5.99. The van der Waals surface area contributed by atoms with Crippen LogP contribution in [-0.2, 0) is 14.3 Å². The average molecular weight is 467 g/mol. The average Bonchev–Trinajstić information content (AvgIpc) is 3.13. The van der Waals surface area contributed by atoms with Gasteiger partial charge in [-0.25, -0.2) is 4.79 Å². The maximum atomic E-state index is 12.7. The number of carboxylic acids is 1. The van der Waals surface area contributed by atoms with Crippen LogP contribution in [0.4, 0.5) is 4.79 Å². The highest BCUT2D eigenvalue weighted by atomic mass is 16.5. The number of aliphatic carboxylic acids is 1. The Labute approximate surface area is 200 Å². The molecule has 2 aromatic carbocycles. The first-order valence-electron chi connectivity index (χ1n) is 11.9. The van der Waals surface area contributed by atoms with Gasteiger partial charge in [-0.15, -0.1) is 0 Å². The van der Waals surface area contributed by atoms with Crippen molar-refractivity contribution < 1.29 is 24.2 Å². The van der Waals surface area contributed by atoms with E-state index < -0.39 is 29.9 Å². The Morgan fingerprint density at radius 1 is 1.00 bits per heavy atom. The minimum Gasteiger partial charge on any atom is -0.481 e. The maximum Gasteiger partial charge on any atom is 0.407 e. The van der Waals surface area contributed by atoms with E-state index in [0.717, 1.165) is 22.3 Å². The smallest absolute Gasteiger partial charge is 0.407 e. The molecule has 0 aliphatic heterocycles. The van der Waals surface area contributed by atoms with Gasteiger partial charge in [0.25, 0.3) is 0 Å². The number of hydrogen-bond donors (Lipinski definition) is 3. The standard InChI is InChI=1S/C27H34N2O5/c1-4-9-24(25(30)28-15-18(26(31)32)14-17(2)3)29-27(33)34-16-23-21-12-7-5-10-19(21)20-11-6-8-13-22(20)23/h5-8,10-13,17-18,23-24H,4,9,14-16H2,1-3H3,(H,28,30)(H,29,33)(H,31,32)/t18?,24-/m1/s1. The van der Waals surface area contributed by atoms with Crippen LogP contribution in [0.5, 0.6) is 0 Å². The van der Waals surface area contributed by atoms with E-state index in [9.17, 15) is 19.5 Å². The fourth-order valence-corrected chi connectivity index (χ4v) is 4.53. The second-order valence-electron chi connectivity index (χ2n) is 9.22. The van der Waals surface area contributed by atoms with Gasteiger partial charge in [0.2, 0.25) is 5.91 Å². The number of amides is 2. The third-order valence-corrected chi connectivity index (χ3v) is 6.16. The molecule has 1 aliphatic rings. The molecule has 0 saturated carbocycles. The Hall–Kier alpha value is -3.35.